The molecule has 3 aromatic rings. The SMILES string of the molecule is COc1cc2oc(-c3ccc(F)cc3C(=O)N3CCNCC3)cc(=O)c2c(OC)c1OC. The third kappa shape index (κ3) is 3.75. The molecule has 0 atom stereocenters. The summed E-state index contributed by atoms with van der Waals surface area (Å²) in [5.41, 5.74) is 0.236. The molecule has 0 saturated carbocycles. The van der Waals surface area contributed by atoms with E-state index in [9.17, 15) is 14.0 Å². The van der Waals surface area contributed by atoms with E-state index >= 15 is 0 Å². The third-order valence-electron chi connectivity index (χ3n) is 5.40. The van der Waals surface area contributed by atoms with Crippen molar-refractivity contribution in [1.82, 2.24) is 10.2 Å². The van der Waals surface area contributed by atoms with Crippen LogP contribution in [-0.2, 0) is 0 Å². The van der Waals surface area contributed by atoms with Gasteiger partial charge in [-0.25, -0.2) is 4.39 Å². The van der Waals surface area contributed by atoms with Crippen LogP contribution < -0.4 is 25.0 Å². The van der Waals surface area contributed by atoms with Crippen LogP contribution in [0.15, 0.2) is 39.5 Å². The summed E-state index contributed by atoms with van der Waals surface area (Å²) in [4.78, 5) is 27.8. The highest BCUT2D eigenvalue weighted by Gasteiger charge is 2.25. The molecule has 1 fully saturated rings. The molecule has 1 aliphatic heterocycles. The van der Waals surface area contributed by atoms with E-state index in [1.165, 1.54) is 51.7 Å². The maximum absolute atomic E-state index is 14.1. The van der Waals surface area contributed by atoms with E-state index in [4.69, 9.17) is 18.6 Å². The molecule has 0 bridgehead atoms. The molecule has 2 heterocycles. The van der Waals surface area contributed by atoms with Gasteiger partial charge in [0.25, 0.3) is 5.91 Å². The Bertz CT molecular complexity index is 1230. The number of piperazine rings is 1. The molecule has 1 aliphatic rings. The number of hydrogen-bond acceptors (Lipinski definition) is 7. The summed E-state index contributed by atoms with van der Waals surface area (Å²) in [6.45, 7) is 2.32. The zero-order valence-corrected chi connectivity index (χ0v) is 18.0. The van der Waals surface area contributed by atoms with Crippen LogP contribution in [0.4, 0.5) is 4.39 Å². The van der Waals surface area contributed by atoms with Crippen LogP contribution in [-0.4, -0.2) is 58.3 Å². The van der Waals surface area contributed by atoms with Crippen LogP contribution in [0.5, 0.6) is 17.2 Å². The van der Waals surface area contributed by atoms with Crippen LogP contribution in [0, 0.1) is 5.82 Å². The number of amides is 1. The van der Waals surface area contributed by atoms with Gasteiger partial charge < -0.3 is 28.8 Å². The zero-order valence-electron chi connectivity index (χ0n) is 18.0. The zero-order chi connectivity index (χ0) is 22.8. The number of benzene rings is 2. The van der Waals surface area contributed by atoms with E-state index in [1.54, 1.807) is 4.90 Å². The number of hydrogen-bond donors (Lipinski definition) is 1. The first-order valence-corrected chi connectivity index (χ1v) is 10.0. The second kappa shape index (κ2) is 8.88. The maximum atomic E-state index is 14.1. The molecule has 0 radical (unpaired) electrons. The number of nitrogens with one attached hydrogen (secondary N) is 1. The van der Waals surface area contributed by atoms with E-state index in [-0.39, 0.29) is 39.7 Å². The van der Waals surface area contributed by atoms with Gasteiger partial charge in [-0.3, -0.25) is 9.59 Å². The van der Waals surface area contributed by atoms with Gasteiger partial charge in [-0.1, -0.05) is 0 Å². The molecule has 0 unspecified atom stereocenters. The van der Waals surface area contributed by atoms with E-state index in [0.717, 1.165) is 0 Å². The Balaban J connectivity index is 1.91. The van der Waals surface area contributed by atoms with Gasteiger partial charge in [0.1, 0.15) is 22.5 Å². The van der Waals surface area contributed by atoms with Crippen molar-refractivity contribution in [2.75, 3.05) is 47.5 Å². The first-order chi connectivity index (χ1) is 15.5. The minimum absolute atomic E-state index is 0.127. The van der Waals surface area contributed by atoms with E-state index in [0.29, 0.717) is 37.5 Å². The molecule has 168 valence electrons. The van der Waals surface area contributed by atoms with Gasteiger partial charge in [0, 0.05) is 43.9 Å². The van der Waals surface area contributed by atoms with Crippen molar-refractivity contribution in [3.63, 3.8) is 0 Å². The number of carbonyl (C=O) groups excluding carboxylic acids is 1. The summed E-state index contributed by atoms with van der Waals surface area (Å²) in [5, 5.41) is 3.35. The van der Waals surface area contributed by atoms with Crippen LogP contribution in [0.1, 0.15) is 10.4 Å². The Kier molecular flexibility index (Phi) is 6.00. The van der Waals surface area contributed by atoms with E-state index in [1.807, 2.05) is 0 Å². The number of ether oxygens (including phenoxy) is 3. The highest BCUT2D eigenvalue weighted by molar-refractivity contribution is 6.01. The average Bonchev–Trinajstić information content (AvgIpc) is 2.82. The summed E-state index contributed by atoms with van der Waals surface area (Å²) < 4.78 is 36.2. The van der Waals surface area contributed by atoms with Gasteiger partial charge >= 0.3 is 0 Å². The average molecular weight is 442 g/mol. The lowest BCUT2D eigenvalue weighted by Gasteiger charge is -2.28. The summed E-state index contributed by atoms with van der Waals surface area (Å²) in [5.74, 6) is 0.0120. The fourth-order valence-corrected chi connectivity index (χ4v) is 3.87. The second-order valence-electron chi connectivity index (χ2n) is 7.23. The molecule has 1 saturated heterocycles. The first-order valence-electron chi connectivity index (χ1n) is 10.0. The van der Waals surface area contributed by atoms with Crippen molar-refractivity contribution < 1.29 is 27.8 Å². The van der Waals surface area contributed by atoms with Crippen LogP contribution in [0.2, 0.25) is 0 Å². The smallest absolute Gasteiger partial charge is 0.254 e. The van der Waals surface area contributed by atoms with Crippen molar-refractivity contribution in [3.8, 4) is 28.6 Å². The highest BCUT2D eigenvalue weighted by Crippen LogP contribution is 2.43. The van der Waals surface area contributed by atoms with Crippen LogP contribution in [0.3, 0.4) is 0 Å². The van der Waals surface area contributed by atoms with Gasteiger partial charge in [0.15, 0.2) is 16.9 Å². The van der Waals surface area contributed by atoms with Crippen molar-refractivity contribution in [2.24, 2.45) is 0 Å². The topological polar surface area (TPSA) is 90.2 Å². The van der Waals surface area contributed by atoms with Gasteiger partial charge in [-0.2, -0.15) is 0 Å². The summed E-state index contributed by atoms with van der Waals surface area (Å²) >= 11 is 0. The normalized spacial score (nSPS) is 13.8. The van der Waals surface area contributed by atoms with Crippen molar-refractivity contribution >= 4 is 16.9 Å². The molecule has 1 amide bonds. The molecule has 2 aromatic carbocycles. The lowest BCUT2D eigenvalue weighted by atomic mass is 10.0. The minimum atomic E-state index is -0.552. The number of carbonyl (C=O) groups is 1. The third-order valence-corrected chi connectivity index (χ3v) is 5.40. The Morgan fingerprint density at radius 3 is 2.41 bits per heavy atom. The van der Waals surface area contributed by atoms with Crippen molar-refractivity contribution in [1.29, 1.82) is 0 Å². The van der Waals surface area contributed by atoms with E-state index in [2.05, 4.69) is 5.32 Å². The van der Waals surface area contributed by atoms with Gasteiger partial charge in [0.05, 0.1) is 26.9 Å². The largest absolute Gasteiger partial charge is 0.493 e. The molecule has 32 heavy (non-hydrogen) atoms. The Labute approximate surface area is 183 Å². The number of fused-ring (bicyclic) bond motifs is 1. The van der Waals surface area contributed by atoms with Crippen LogP contribution in [0.25, 0.3) is 22.3 Å². The molecule has 0 spiro atoms. The molecular weight excluding hydrogens is 419 g/mol. The molecule has 0 aliphatic carbocycles. The predicted octanol–water partition coefficient (Wildman–Crippen LogP) is 2.67. The number of rotatable bonds is 5. The highest BCUT2D eigenvalue weighted by atomic mass is 19.1. The molecule has 1 N–H and O–H groups in total. The summed E-state index contributed by atoms with van der Waals surface area (Å²) in [7, 11) is 4.30. The number of nitrogens with zero attached hydrogens (tertiary/aromatic N) is 1. The lowest BCUT2D eigenvalue weighted by molar-refractivity contribution is 0.0736. The number of halogens is 1. The van der Waals surface area contributed by atoms with Gasteiger partial charge in [-0.15, -0.1) is 0 Å². The molecule has 9 heteroatoms. The number of methoxy groups -OCH3 is 3. The van der Waals surface area contributed by atoms with Crippen LogP contribution >= 0.6 is 0 Å². The van der Waals surface area contributed by atoms with Crippen molar-refractivity contribution in [2.45, 2.75) is 0 Å². The monoisotopic (exact) mass is 442 g/mol. The van der Waals surface area contributed by atoms with E-state index < -0.39 is 11.2 Å². The summed E-state index contributed by atoms with van der Waals surface area (Å²) in [6, 6.07) is 6.61. The quantitative estimate of drug-likeness (QED) is 0.650. The fourth-order valence-electron chi connectivity index (χ4n) is 3.87. The first kappa shape index (κ1) is 21.6. The van der Waals surface area contributed by atoms with Gasteiger partial charge in [-0.05, 0) is 18.2 Å². The second-order valence-corrected chi connectivity index (χ2v) is 7.23. The standard InChI is InChI=1S/C23H23FN2O6/c1-29-19-12-18-20(22(31-3)21(19)30-2)16(27)11-17(32-18)14-5-4-13(24)10-15(14)23(28)26-8-6-25-7-9-26/h4-5,10-12,25H,6-9H2,1-3H3. The fraction of sp³-hybridized carbons (Fsp3) is 0.304. The Morgan fingerprint density at radius 2 is 1.75 bits per heavy atom. The Hall–Kier alpha value is -3.59. The lowest BCUT2D eigenvalue weighted by Crippen LogP contribution is -2.46. The molecule has 8 nitrogen and oxygen atoms in total. The van der Waals surface area contributed by atoms with Gasteiger partial charge in [0.2, 0.25) is 5.75 Å². The predicted molar refractivity (Wildman–Crippen MR) is 116 cm³/mol. The Morgan fingerprint density at radius 1 is 1.03 bits per heavy atom. The molecule has 4 rings (SSSR count). The summed E-state index contributed by atoms with van der Waals surface area (Å²) in [6.07, 6.45) is 0. The maximum Gasteiger partial charge on any atom is 0.254 e. The molecular formula is C23H23FN2O6. The van der Waals surface area contributed by atoms with Crippen molar-refractivity contribution in [3.05, 3.63) is 51.9 Å². The molecule has 1 aromatic heterocycles. The minimum Gasteiger partial charge on any atom is -0.493 e.